The number of rotatable bonds is 9. The smallest absolute Gasteiger partial charge is 0.475 e. The van der Waals surface area contributed by atoms with Crippen LogP contribution in [-0.2, 0) is 29.8 Å². The molecule has 9 nitrogen and oxygen atoms in total. The molecule has 0 spiro atoms. The minimum absolute atomic E-state index is 0.0309. The second kappa shape index (κ2) is 12.0. The Bertz CT molecular complexity index is 1290. The number of halogens is 4. The number of hydrogen-bond donors (Lipinski definition) is 3. The fraction of sp³-hybridized carbons (Fsp3) is 0.400. The number of hydrogen-bond acceptors (Lipinski definition) is 5. The number of aliphatic carboxylic acids is 1. The molecule has 0 aromatic heterocycles. The maximum Gasteiger partial charge on any atom is 0.490 e. The fourth-order valence-electron chi connectivity index (χ4n) is 4.04. The van der Waals surface area contributed by atoms with Crippen molar-refractivity contribution in [2.75, 3.05) is 24.4 Å². The topological polar surface area (TPSA) is 133 Å². The molecular weight excluding hydrogens is 546 g/mol. The molecule has 1 aliphatic heterocycles. The van der Waals surface area contributed by atoms with E-state index in [4.69, 9.17) is 9.90 Å². The SMILES string of the molecule is O=C(O)C(F)(F)F.O=C1CCCN1CCCNC(=O)C1(c2ccc(NS(=O)(=O)c3ccc(F)cc3)cc2)CC1. The Morgan fingerprint density at radius 2 is 1.62 bits per heavy atom. The summed E-state index contributed by atoms with van der Waals surface area (Å²) in [6, 6.07) is 11.4. The molecule has 0 unspecified atom stereocenters. The van der Waals surface area contributed by atoms with E-state index in [1.54, 1.807) is 24.3 Å². The van der Waals surface area contributed by atoms with E-state index < -0.39 is 33.4 Å². The van der Waals surface area contributed by atoms with E-state index in [2.05, 4.69) is 10.0 Å². The van der Waals surface area contributed by atoms with E-state index in [0.717, 1.165) is 49.9 Å². The highest BCUT2D eigenvalue weighted by molar-refractivity contribution is 7.92. The third-order valence-corrected chi connectivity index (χ3v) is 7.70. The lowest BCUT2D eigenvalue weighted by Gasteiger charge is -2.18. The van der Waals surface area contributed by atoms with Crippen LogP contribution in [0.5, 0.6) is 0 Å². The molecule has 0 bridgehead atoms. The number of alkyl halides is 3. The minimum Gasteiger partial charge on any atom is -0.475 e. The van der Waals surface area contributed by atoms with Gasteiger partial charge >= 0.3 is 12.1 Å². The average Bonchev–Trinajstić information content (AvgIpc) is 3.58. The summed E-state index contributed by atoms with van der Waals surface area (Å²) in [5.41, 5.74) is 0.636. The van der Waals surface area contributed by atoms with Gasteiger partial charge in [0.2, 0.25) is 11.8 Å². The van der Waals surface area contributed by atoms with Crippen molar-refractivity contribution in [3.8, 4) is 0 Å². The van der Waals surface area contributed by atoms with Crippen LogP contribution in [-0.4, -0.2) is 62.0 Å². The van der Waals surface area contributed by atoms with Crippen LogP contribution in [0.1, 0.15) is 37.7 Å². The number of carboxylic acids is 1. The van der Waals surface area contributed by atoms with E-state index in [1.807, 2.05) is 4.90 Å². The van der Waals surface area contributed by atoms with Crippen LogP contribution in [0.3, 0.4) is 0 Å². The minimum atomic E-state index is -5.08. The van der Waals surface area contributed by atoms with Gasteiger partial charge in [0.1, 0.15) is 5.82 Å². The van der Waals surface area contributed by atoms with Gasteiger partial charge in [0.15, 0.2) is 0 Å². The molecule has 2 amide bonds. The fourth-order valence-corrected chi connectivity index (χ4v) is 5.10. The normalized spacial score (nSPS) is 16.2. The molecule has 1 aliphatic carbocycles. The second-order valence-corrected chi connectivity index (χ2v) is 10.8. The number of benzene rings is 2. The van der Waals surface area contributed by atoms with E-state index >= 15 is 0 Å². The summed E-state index contributed by atoms with van der Waals surface area (Å²) in [5, 5.41) is 10.1. The van der Waals surface area contributed by atoms with Crippen LogP contribution in [0.2, 0.25) is 0 Å². The Labute approximate surface area is 222 Å². The van der Waals surface area contributed by atoms with Gasteiger partial charge in [-0.2, -0.15) is 13.2 Å². The third kappa shape index (κ3) is 7.91. The van der Waals surface area contributed by atoms with Gasteiger partial charge in [-0.15, -0.1) is 0 Å². The molecule has 2 aromatic carbocycles. The third-order valence-electron chi connectivity index (χ3n) is 6.30. The lowest BCUT2D eigenvalue weighted by atomic mass is 9.95. The lowest BCUT2D eigenvalue weighted by Crippen LogP contribution is -2.36. The van der Waals surface area contributed by atoms with E-state index in [9.17, 15) is 35.6 Å². The molecule has 0 radical (unpaired) electrons. The second-order valence-electron chi connectivity index (χ2n) is 9.12. The molecule has 1 saturated heterocycles. The Balaban J connectivity index is 0.000000532. The van der Waals surface area contributed by atoms with Crippen molar-refractivity contribution >= 4 is 33.5 Å². The van der Waals surface area contributed by atoms with Crippen molar-refractivity contribution in [3.63, 3.8) is 0 Å². The Morgan fingerprint density at radius 1 is 1.03 bits per heavy atom. The van der Waals surface area contributed by atoms with Crippen LogP contribution in [0, 0.1) is 5.82 Å². The average molecular weight is 574 g/mol. The summed E-state index contributed by atoms with van der Waals surface area (Å²) in [6.07, 6.45) is -1.36. The molecule has 1 heterocycles. The first-order chi connectivity index (χ1) is 18.2. The predicted octanol–water partition coefficient (Wildman–Crippen LogP) is 3.42. The van der Waals surface area contributed by atoms with Gasteiger partial charge in [-0.3, -0.25) is 14.3 Å². The van der Waals surface area contributed by atoms with Crippen LogP contribution in [0.15, 0.2) is 53.4 Å². The molecule has 4 rings (SSSR count). The largest absolute Gasteiger partial charge is 0.490 e. The highest BCUT2D eigenvalue weighted by atomic mass is 32.2. The van der Waals surface area contributed by atoms with Gasteiger partial charge < -0.3 is 15.3 Å². The van der Waals surface area contributed by atoms with Crippen molar-refractivity contribution in [1.82, 2.24) is 10.2 Å². The highest BCUT2D eigenvalue weighted by Gasteiger charge is 2.51. The van der Waals surface area contributed by atoms with E-state index in [0.29, 0.717) is 25.2 Å². The van der Waals surface area contributed by atoms with Crippen LogP contribution in [0.25, 0.3) is 0 Å². The number of nitrogens with one attached hydrogen (secondary N) is 2. The summed E-state index contributed by atoms with van der Waals surface area (Å²) < 4.78 is 72.2. The van der Waals surface area contributed by atoms with Crippen molar-refractivity contribution in [3.05, 3.63) is 59.9 Å². The summed E-state index contributed by atoms with van der Waals surface area (Å²) in [4.78, 5) is 35.1. The van der Waals surface area contributed by atoms with E-state index in [-0.39, 0.29) is 16.7 Å². The van der Waals surface area contributed by atoms with Gasteiger partial charge in [0.05, 0.1) is 10.3 Å². The molecule has 39 heavy (non-hydrogen) atoms. The number of carbonyl (C=O) groups excluding carboxylic acids is 2. The Morgan fingerprint density at radius 3 is 2.10 bits per heavy atom. The standard InChI is InChI=1S/C23H26FN3O4S.C2HF3O2/c24-18-6-10-20(11-7-18)32(30,31)26-19-8-4-17(5-9-19)23(12-13-23)22(29)25-14-2-16-27-15-1-3-21(27)28;3-2(4,5)1(6)7/h4-11,26H,1-3,12-16H2,(H,25,29);(H,6,7). The number of carboxylic acid groups (broad SMARTS) is 1. The summed E-state index contributed by atoms with van der Waals surface area (Å²) >= 11 is 0. The molecule has 0 atom stereocenters. The van der Waals surface area contributed by atoms with Crippen molar-refractivity contribution in [2.24, 2.45) is 0 Å². The summed E-state index contributed by atoms with van der Waals surface area (Å²) in [7, 11) is -3.83. The van der Waals surface area contributed by atoms with Gasteiger partial charge in [0, 0.05) is 31.7 Å². The highest BCUT2D eigenvalue weighted by Crippen LogP contribution is 2.48. The molecule has 1 saturated carbocycles. The molecular formula is C25H27F4N3O6S. The quantitative estimate of drug-likeness (QED) is 0.311. The maximum atomic E-state index is 13.0. The van der Waals surface area contributed by atoms with Crippen molar-refractivity contribution in [1.29, 1.82) is 0 Å². The number of anilines is 1. The molecule has 2 fully saturated rings. The van der Waals surface area contributed by atoms with Crippen molar-refractivity contribution < 1.29 is 45.5 Å². The summed E-state index contributed by atoms with van der Waals surface area (Å²) in [5.74, 6) is -3.12. The Hall–Kier alpha value is -3.68. The monoisotopic (exact) mass is 573 g/mol. The zero-order valence-electron chi connectivity index (χ0n) is 20.6. The molecule has 14 heteroatoms. The number of nitrogens with zero attached hydrogens (tertiary/aromatic N) is 1. The zero-order valence-corrected chi connectivity index (χ0v) is 21.4. The molecule has 3 N–H and O–H groups in total. The van der Waals surface area contributed by atoms with Crippen LogP contribution < -0.4 is 10.0 Å². The van der Waals surface area contributed by atoms with Crippen LogP contribution >= 0.6 is 0 Å². The Kier molecular flexibility index (Phi) is 9.20. The number of likely N-dealkylation sites (tertiary alicyclic amines) is 1. The first-order valence-electron chi connectivity index (χ1n) is 12.0. The maximum absolute atomic E-state index is 13.0. The molecule has 212 valence electrons. The predicted molar refractivity (Wildman–Crippen MR) is 132 cm³/mol. The summed E-state index contributed by atoms with van der Waals surface area (Å²) in [6.45, 7) is 1.98. The lowest BCUT2D eigenvalue weighted by molar-refractivity contribution is -0.192. The van der Waals surface area contributed by atoms with Crippen molar-refractivity contribution in [2.45, 2.75) is 48.6 Å². The molecule has 2 aliphatic rings. The van der Waals surface area contributed by atoms with Gasteiger partial charge in [-0.05, 0) is 67.6 Å². The molecule has 2 aromatic rings. The van der Waals surface area contributed by atoms with Crippen LogP contribution in [0.4, 0.5) is 23.2 Å². The first-order valence-corrected chi connectivity index (χ1v) is 13.5. The number of sulfonamides is 1. The number of amides is 2. The van der Waals surface area contributed by atoms with Gasteiger partial charge in [-0.1, -0.05) is 12.1 Å². The first kappa shape index (κ1) is 29.9. The van der Waals surface area contributed by atoms with E-state index in [1.165, 1.54) is 12.1 Å². The zero-order chi connectivity index (χ0) is 28.8. The number of carbonyl (C=O) groups is 3. The van der Waals surface area contributed by atoms with Gasteiger partial charge in [-0.25, -0.2) is 17.6 Å². The van der Waals surface area contributed by atoms with Gasteiger partial charge in [0.25, 0.3) is 10.0 Å².